The van der Waals surface area contributed by atoms with Crippen LogP contribution >= 0.6 is 46.3 Å². The Morgan fingerprint density at radius 2 is 2.19 bits per heavy atom. The van der Waals surface area contributed by atoms with Crippen LogP contribution in [-0.4, -0.2) is 30.9 Å². The highest BCUT2D eigenvalue weighted by Crippen LogP contribution is 2.32. The Balaban J connectivity index is 1.80. The normalized spacial score (nSPS) is 12.2. The Kier molecular flexibility index (Phi) is 6.18. The van der Waals surface area contributed by atoms with Gasteiger partial charge in [-0.3, -0.25) is 4.79 Å². The number of hydrogen-bond acceptors (Lipinski definition) is 6. The monoisotopic (exact) mass is 427 g/mol. The quantitative estimate of drug-likeness (QED) is 0.569. The first-order chi connectivity index (χ1) is 12.5. The highest BCUT2D eigenvalue weighted by atomic mass is 35.5. The van der Waals surface area contributed by atoms with Crippen LogP contribution in [0.5, 0.6) is 0 Å². The average molecular weight is 428 g/mol. The Labute approximate surface area is 168 Å². The van der Waals surface area contributed by atoms with Crippen LogP contribution in [0.1, 0.15) is 13.8 Å². The molecule has 0 saturated carbocycles. The second kappa shape index (κ2) is 8.39. The molecule has 2 aromatic heterocycles. The molecule has 0 aliphatic carbocycles. The van der Waals surface area contributed by atoms with Gasteiger partial charge in [0.1, 0.15) is 0 Å². The number of nitrogens with zero attached hydrogens (tertiary/aromatic N) is 4. The molecule has 6 nitrogen and oxygen atoms in total. The van der Waals surface area contributed by atoms with Gasteiger partial charge in [-0.2, -0.15) is 0 Å². The molecule has 1 atom stereocenters. The van der Waals surface area contributed by atoms with Crippen molar-refractivity contribution in [2.24, 2.45) is 0 Å². The summed E-state index contributed by atoms with van der Waals surface area (Å²) in [4.78, 5) is 16.4. The van der Waals surface area contributed by atoms with Crippen LogP contribution < -0.4 is 5.32 Å². The van der Waals surface area contributed by atoms with Gasteiger partial charge < -0.3 is 9.88 Å². The van der Waals surface area contributed by atoms with Gasteiger partial charge in [-0.1, -0.05) is 35.0 Å². The summed E-state index contributed by atoms with van der Waals surface area (Å²) in [6.45, 7) is 4.45. The molecule has 0 fully saturated rings. The van der Waals surface area contributed by atoms with Gasteiger partial charge in [0.2, 0.25) is 5.91 Å². The molecular formula is C16H15Cl2N5OS2. The molecule has 2 heterocycles. The zero-order chi connectivity index (χ0) is 18.7. The zero-order valence-electron chi connectivity index (χ0n) is 13.9. The first kappa shape index (κ1) is 19.2. The molecule has 136 valence electrons. The summed E-state index contributed by atoms with van der Waals surface area (Å²) in [5, 5.41) is 15.0. The van der Waals surface area contributed by atoms with Crippen LogP contribution in [0.3, 0.4) is 0 Å². The van der Waals surface area contributed by atoms with E-state index in [9.17, 15) is 4.79 Å². The van der Waals surface area contributed by atoms with E-state index in [1.165, 1.54) is 23.1 Å². The fourth-order valence-corrected chi connectivity index (χ4v) is 4.17. The lowest BCUT2D eigenvalue weighted by Crippen LogP contribution is -2.22. The van der Waals surface area contributed by atoms with Gasteiger partial charge in [0.15, 0.2) is 16.1 Å². The Bertz CT molecular complexity index is 914. The van der Waals surface area contributed by atoms with Crippen LogP contribution in [0, 0.1) is 0 Å². The molecule has 10 heteroatoms. The van der Waals surface area contributed by atoms with Crippen molar-refractivity contribution >= 4 is 57.3 Å². The summed E-state index contributed by atoms with van der Waals surface area (Å²) >= 11 is 15.0. The topological polar surface area (TPSA) is 72.7 Å². The lowest BCUT2D eigenvalue weighted by atomic mass is 10.2. The SMILES string of the molecule is CCn1c(SC(C)C(=O)Nc2nccs2)nnc1-c1ccc(Cl)cc1Cl. The number of carbonyl (C=O) groups is 1. The second-order valence-corrected chi connectivity index (χ2v) is 8.31. The molecule has 0 bridgehead atoms. The van der Waals surface area contributed by atoms with Crippen LogP contribution in [0.2, 0.25) is 10.0 Å². The van der Waals surface area contributed by atoms with Crippen molar-refractivity contribution in [2.75, 3.05) is 5.32 Å². The largest absolute Gasteiger partial charge is 0.302 e. The molecule has 26 heavy (non-hydrogen) atoms. The molecule has 3 aromatic rings. The average Bonchev–Trinajstić information content (AvgIpc) is 3.24. The van der Waals surface area contributed by atoms with Gasteiger partial charge in [-0.15, -0.1) is 21.5 Å². The molecule has 3 rings (SSSR count). The van der Waals surface area contributed by atoms with Gasteiger partial charge >= 0.3 is 0 Å². The van der Waals surface area contributed by atoms with E-state index >= 15 is 0 Å². The third-order valence-electron chi connectivity index (χ3n) is 3.52. The lowest BCUT2D eigenvalue weighted by Gasteiger charge is -2.12. The smallest absolute Gasteiger partial charge is 0.239 e. The Morgan fingerprint density at radius 1 is 1.38 bits per heavy atom. The maximum Gasteiger partial charge on any atom is 0.239 e. The molecule has 1 amide bonds. The number of amides is 1. The van der Waals surface area contributed by atoms with Crippen molar-refractivity contribution in [2.45, 2.75) is 30.8 Å². The summed E-state index contributed by atoms with van der Waals surface area (Å²) < 4.78 is 1.92. The third-order valence-corrected chi connectivity index (χ3v) is 5.84. The molecular weight excluding hydrogens is 413 g/mol. The summed E-state index contributed by atoms with van der Waals surface area (Å²) in [5.74, 6) is 0.505. The summed E-state index contributed by atoms with van der Waals surface area (Å²) in [6, 6.07) is 5.24. The fraction of sp³-hybridized carbons (Fsp3) is 0.250. The number of aromatic nitrogens is 4. The summed E-state index contributed by atoms with van der Waals surface area (Å²) in [7, 11) is 0. The number of benzene rings is 1. The van der Waals surface area contributed by atoms with Gasteiger partial charge in [0.25, 0.3) is 0 Å². The molecule has 1 unspecified atom stereocenters. The van der Waals surface area contributed by atoms with E-state index in [1.807, 2.05) is 29.9 Å². The number of rotatable bonds is 6. The first-order valence-electron chi connectivity index (χ1n) is 7.75. The van der Waals surface area contributed by atoms with Gasteiger partial charge in [-0.05, 0) is 32.0 Å². The van der Waals surface area contributed by atoms with Crippen molar-refractivity contribution < 1.29 is 4.79 Å². The molecule has 0 saturated heterocycles. The summed E-state index contributed by atoms with van der Waals surface area (Å²) in [6.07, 6.45) is 1.65. The molecule has 0 aliphatic heterocycles. The summed E-state index contributed by atoms with van der Waals surface area (Å²) in [5.41, 5.74) is 0.747. The van der Waals surface area contributed by atoms with Gasteiger partial charge in [-0.25, -0.2) is 4.98 Å². The zero-order valence-corrected chi connectivity index (χ0v) is 17.1. The predicted octanol–water partition coefficient (Wildman–Crippen LogP) is 4.85. The van der Waals surface area contributed by atoms with E-state index in [4.69, 9.17) is 23.2 Å². The molecule has 0 aliphatic rings. The van der Waals surface area contributed by atoms with E-state index in [1.54, 1.807) is 18.3 Å². The standard InChI is InChI=1S/C16H15Cl2N5OS2/c1-3-23-13(11-5-4-10(17)8-12(11)18)21-22-16(23)26-9(2)14(24)20-15-19-6-7-25-15/h4-9H,3H2,1-2H3,(H,19,20,24). The van der Waals surface area contributed by atoms with Gasteiger partial charge in [0.05, 0.1) is 10.3 Å². The molecule has 0 radical (unpaired) electrons. The highest BCUT2D eigenvalue weighted by Gasteiger charge is 2.21. The first-order valence-corrected chi connectivity index (χ1v) is 10.3. The second-order valence-electron chi connectivity index (χ2n) is 5.26. The number of hydrogen-bond donors (Lipinski definition) is 1. The van der Waals surface area contributed by atoms with Gasteiger partial charge in [0, 0.05) is 28.7 Å². The number of halogens is 2. The maximum absolute atomic E-state index is 12.3. The number of nitrogens with one attached hydrogen (secondary N) is 1. The maximum atomic E-state index is 12.3. The van der Waals surface area contributed by atoms with E-state index in [2.05, 4.69) is 20.5 Å². The van der Waals surface area contributed by atoms with Crippen LogP contribution in [-0.2, 0) is 11.3 Å². The highest BCUT2D eigenvalue weighted by molar-refractivity contribution is 8.00. The predicted molar refractivity (Wildman–Crippen MR) is 107 cm³/mol. The van der Waals surface area contributed by atoms with E-state index in [0.29, 0.717) is 32.7 Å². The van der Waals surface area contributed by atoms with Crippen molar-refractivity contribution in [1.82, 2.24) is 19.7 Å². The minimum absolute atomic E-state index is 0.137. The minimum Gasteiger partial charge on any atom is -0.302 e. The van der Waals surface area contributed by atoms with Crippen molar-refractivity contribution in [3.8, 4) is 11.4 Å². The minimum atomic E-state index is -0.359. The third kappa shape index (κ3) is 4.20. The molecule has 1 aromatic carbocycles. The van der Waals surface area contributed by atoms with Crippen LogP contribution in [0.15, 0.2) is 34.9 Å². The lowest BCUT2D eigenvalue weighted by molar-refractivity contribution is -0.115. The van der Waals surface area contributed by atoms with Crippen LogP contribution in [0.25, 0.3) is 11.4 Å². The number of carbonyl (C=O) groups excluding carboxylic acids is 1. The Hall–Kier alpha value is -1.61. The molecule has 0 spiro atoms. The van der Waals surface area contributed by atoms with E-state index in [0.717, 1.165) is 5.56 Å². The van der Waals surface area contributed by atoms with Crippen molar-refractivity contribution in [3.63, 3.8) is 0 Å². The van der Waals surface area contributed by atoms with E-state index < -0.39 is 0 Å². The fourth-order valence-electron chi connectivity index (χ4n) is 2.23. The number of thioether (sulfide) groups is 1. The molecule has 1 N–H and O–H groups in total. The van der Waals surface area contributed by atoms with E-state index in [-0.39, 0.29) is 11.2 Å². The Morgan fingerprint density at radius 3 is 2.85 bits per heavy atom. The van der Waals surface area contributed by atoms with Crippen molar-refractivity contribution in [3.05, 3.63) is 39.8 Å². The number of thiazole rings is 1. The number of anilines is 1. The van der Waals surface area contributed by atoms with Crippen LogP contribution in [0.4, 0.5) is 5.13 Å². The van der Waals surface area contributed by atoms with Crippen molar-refractivity contribution in [1.29, 1.82) is 0 Å².